The van der Waals surface area contributed by atoms with E-state index in [9.17, 15) is 13.2 Å². The molecule has 27 heavy (non-hydrogen) atoms. The molecule has 1 N–H and O–H groups in total. The van der Waals surface area contributed by atoms with Gasteiger partial charge in [-0.3, -0.25) is 4.79 Å². The second-order valence-corrected chi connectivity index (χ2v) is 8.81. The summed E-state index contributed by atoms with van der Waals surface area (Å²) in [6, 6.07) is 4.85. The lowest BCUT2D eigenvalue weighted by molar-refractivity contribution is -0.126. The number of carbonyl (C=O) groups is 1. The third-order valence-electron chi connectivity index (χ3n) is 4.64. The molecular formula is C17H21ClN4O4S. The van der Waals surface area contributed by atoms with Crippen molar-refractivity contribution < 1.29 is 17.7 Å². The molecule has 1 aromatic heterocycles. The van der Waals surface area contributed by atoms with Crippen molar-refractivity contribution in [2.24, 2.45) is 5.92 Å². The standard InChI is InChI=1S/C17H21ClN4O4S/c1-11-14(18)4-3-5-15(11)27(24,25)22-8-6-13(7-9-22)17(23)19-10-16-20-12(2)21-26-16/h3-5,13H,6-10H2,1-2H3,(H,19,23). The van der Waals surface area contributed by atoms with E-state index in [0.717, 1.165) is 0 Å². The first-order chi connectivity index (χ1) is 12.8. The third-order valence-corrected chi connectivity index (χ3v) is 7.10. The minimum Gasteiger partial charge on any atom is -0.347 e. The summed E-state index contributed by atoms with van der Waals surface area (Å²) in [6.07, 6.45) is 0.904. The Morgan fingerprint density at radius 2 is 2.04 bits per heavy atom. The van der Waals surface area contributed by atoms with Crippen molar-refractivity contribution >= 4 is 27.5 Å². The molecule has 8 nitrogen and oxygen atoms in total. The summed E-state index contributed by atoms with van der Waals surface area (Å²) in [4.78, 5) is 16.6. The number of rotatable bonds is 5. The SMILES string of the molecule is Cc1noc(CNC(=O)C2CCN(S(=O)(=O)c3cccc(Cl)c3C)CC2)n1. The molecule has 1 aliphatic rings. The summed E-state index contributed by atoms with van der Waals surface area (Å²) in [7, 11) is -3.63. The Morgan fingerprint density at radius 1 is 1.33 bits per heavy atom. The van der Waals surface area contributed by atoms with Crippen molar-refractivity contribution in [3.63, 3.8) is 0 Å². The molecule has 1 amide bonds. The molecule has 0 unspecified atom stereocenters. The van der Waals surface area contributed by atoms with E-state index in [1.54, 1.807) is 32.0 Å². The van der Waals surface area contributed by atoms with Crippen LogP contribution in [0.2, 0.25) is 5.02 Å². The van der Waals surface area contributed by atoms with Gasteiger partial charge >= 0.3 is 0 Å². The lowest BCUT2D eigenvalue weighted by Gasteiger charge is -2.31. The Bertz CT molecular complexity index is 936. The molecule has 1 aromatic carbocycles. The molecule has 0 bridgehead atoms. The Labute approximate surface area is 162 Å². The molecule has 3 rings (SSSR count). The molecule has 2 heterocycles. The molecule has 0 saturated carbocycles. The Kier molecular flexibility index (Phi) is 5.83. The van der Waals surface area contributed by atoms with Crippen LogP contribution >= 0.6 is 11.6 Å². The maximum atomic E-state index is 12.9. The Balaban J connectivity index is 1.59. The van der Waals surface area contributed by atoms with Crippen molar-refractivity contribution in [1.82, 2.24) is 19.8 Å². The van der Waals surface area contributed by atoms with Gasteiger partial charge in [-0.05, 0) is 44.4 Å². The van der Waals surface area contributed by atoms with Gasteiger partial charge in [0.25, 0.3) is 0 Å². The lowest BCUT2D eigenvalue weighted by atomic mass is 9.97. The first kappa shape index (κ1) is 19.8. The van der Waals surface area contributed by atoms with Gasteiger partial charge in [0.1, 0.15) is 0 Å². The average Bonchev–Trinajstić information content (AvgIpc) is 3.07. The number of aryl methyl sites for hydroxylation is 1. The summed E-state index contributed by atoms with van der Waals surface area (Å²) >= 11 is 6.06. The van der Waals surface area contributed by atoms with Crippen LogP contribution in [-0.4, -0.2) is 41.9 Å². The number of carbonyl (C=O) groups excluding carboxylic acids is 1. The normalized spacial score (nSPS) is 16.4. The maximum absolute atomic E-state index is 12.9. The minimum atomic E-state index is -3.63. The minimum absolute atomic E-state index is 0.137. The number of halogens is 1. The van der Waals surface area contributed by atoms with E-state index in [2.05, 4.69) is 15.5 Å². The number of nitrogens with one attached hydrogen (secondary N) is 1. The highest BCUT2D eigenvalue weighted by Gasteiger charge is 2.33. The van der Waals surface area contributed by atoms with Crippen LogP contribution in [0.1, 0.15) is 30.1 Å². The van der Waals surface area contributed by atoms with E-state index in [1.807, 2.05) is 0 Å². The van der Waals surface area contributed by atoms with Gasteiger partial charge in [-0.15, -0.1) is 0 Å². The molecule has 2 aromatic rings. The first-order valence-corrected chi connectivity index (χ1v) is 10.4. The topological polar surface area (TPSA) is 105 Å². The van der Waals surface area contributed by atoms with Crippen molar-refractivity contribution in [1.29, 1.82) is 0 Å². The molecule has 10 heteroatoms. The quantitative estimate of drug-likeness (QED) is 0.805. The van der Waals surface area contributed by atoms with Gasteiger partial charge < -0.3 is 9.84 Å². The Morgan fingerprint density at radius 3 is 2.67 bits per heavy atom. The molecule has 0 spiro atoms. The van der Waals surface area contributed by atoms with Crippen molar-refractivity contribution in [2.75, 3.05) is 13.1 Å². The zero-order valence-electron chi connectivity index (χ0n) is 15.1. The van der Waals surface area contributed by atoms with Gasteiger partial charge in [0, 0.05) is 24.0 Å². The molecule has 0 aliphatic carbocycles. The smallest absolute Gasteiger partial charge is 0.246 e. The predicted molar refractivity (Wildman–Crippen MR) is 98.6 cm³/mol. The van der Waals surface area contributed by atoms with Crippen LogP contribution in [0, 0.1) is 19.8 Å². The summed E-state index contributed by atoms with van der Waals surface area (Å²) in [6.45, 7) is 4.12. The highest BCUT2D eigenvalue weighted by molar-refractivity contribution is 7.89. The van der Waals surface area contributed by atoms with Crippen molar-refractivity contribution in [2.45, 2.75) is 38.1 Å². The highest BCUT2D eigenvalue weighted by Crippen LogP contribution is 2.28. The monoisotopic (exact) mass is 412 g/mol. The fourth-order valence-corrected chi connectivity index (χ4v) is 5.03. The highest BCUT2D eigenvalue weighted by atomic mass is 35.5. The first-order valence-electron chi connectivity index (χ1n) is 8.61. The second kappa shape index (κ2) is 7.95. The maximum Gasteiger partial charge on any atom is 0.246 e. The predicted octanol–water partition coefficient (Wildman–Crippen LogP) is 2.06. The summed E-state index contributed by atoms with van der Waals surface area (Å²) in [5.74, 6) is 0.467. The van der Waals surface area contributed by atoms with E-state index < -0.39 is 10.0 Å². The van der Waals surface area contributed by atoms with Gasteiger partial charge in [0.05, 0.1) is 11.4 Å². The van der Waals surface area contributed by atoms with Crippen molar-refractivity contribution in [3.05, 3.63) is 40.5 Å². The van der Waals surface area contributed by atoms with E-state index in [1.165, 1.54) is 4.31 Å². The molecule has 146 valence electrons. The fourth-order valence-electron chi connectivity index (χ4n) is 3.08. The second-order valence-electron chi connectivity index (χ2n) is 6.49. The average molecular weight is 413 g/mol. The molecule has 0 radical (unpaired) electrons. The van der Waals surface area contributed by atoms with Crippen LogP contribution < -0.4 is 5.32 Å². The van der Waals surface area contributed by atoms with Crippen LogP contribution in [0.5, 0.6) is 0 Å². The van der Waals surface area contributed by atoms with Crippen LogP contribution in [0.3, 0.4) is 0 Å². The van der Waals surface area contributed by atoms with E-state index in [0.29, 0.717) is 35.1 Å². The summed E-state index contributed by atoms with van der Waals surface area (Å²) in [5.41, 5.74) is 0.536. The van der Waals surface area contributed by atoms with E-state index >= 15 is 0 Å². The van der Waals surface area contributed by atoms with Crippen molar-refractivity contribution in [3.8, 4) is 0 Å². The number of hydrogen-bond donors (Lipinski definition) is 1. The molecular weight excluding hydrogens is 392 g/mol. The zero-order chi connectivity index (χ0) is 19.6. The van der Waals surface area contributed by atoms with Gasteiger partial charge in [0.2, 0.25) is 21.8 Å². The number of nitrogens with zero attached hydrogens (tertiary/aromatic N) is 3. The zero-order valence-corrected chi connectivity index (χ0v) is 16.7. The summed E-state index contributed by atoms with van der Waals surface area (Å²) in [5, 5.41) is 6.85. The van der Waals surface area contributed by atoms with Crippen LogP contribution in [0.25, 0.3) is 0 Å². The number of aromatic nitrogens is 2. The Hall–Kier alpha value is -1.97. The van der Waals surface area contributed by atoms with Gasteiger partial charge in [0.15, 0.2) is 5.82 Å². The molecule has 1 aliphatic heterocycles. The molecule has 1 saturated heterocycles. The van der Waals surface area contributed by atoms with Crippen LogP contribution in [-0.2, 0) is 21.4 Å². The molecule has 0 atom stereocenters. The largest absolute Gasteiger partial charge is 0.347 e. The number of benzene rings is 1. The van der Waals surface area contributed by atoms with E-state index in [-0.39, 0.29) is 36.4 Å². The van der Waals surface area contributed by atoms with Crippen LogP contribution in [0.4, 0.5) is 0 Å². The lowest BCUT2D eigenvalue weighted by Crippen LogP contribution is -2.43. The van der Waals surface area contributed by atoms with E-state index in [4.69, 9.17) is 16.1 Å². The molecule has 1 fully saturated rings. The van der Waals surface area contributed by atoms with Gasteiger partial charge in [-0.25, -0.2) is 8.42 Å². The van der Waals surface area contributed by atoms with Crippen LogP contribution in [0.15, 0.2) is 27.6 Å². The number of sulfonamides is 1. The number of hydrogen-bond acceptors (Lipinski definition) is 6. The number of amides is 1. The fraction of sp³-hybridized carbons (Fsp3) is 0.471. The summed E-state index contributed by atoms with van der Waals surface area (Å²) < 4.78 is 32.2. The van der Waals surface area contributed by atoms with Gasteiger partial charge in [-0.2, -0.15) is 9.29 Å². The third kappa shape index (κ3) is 4.31. The number of piperidine rings is 1. The van der Waals surface area contributed by atoms with Gasteiger partial charge in [-0.1, -0.05) is 22.8 Å².